The van der Waals surface area contributed by atoms with Crippen molar-refractivity contribution in [1.82, 2.24) is 5.32 Å². The van der Waals surface area contributed by atoms with Crippen molar-refractivity contribution in [3.8, 4) is 0 Å². The molecule has 0 bridgehead atoms. The van der Waals surface area contributed by atoms with Crippen LogP contribution in [0.1, 0.15) is 22.8 Å². The molecule has 1 aromatic carbocycles. The van der Waals surface area contributed by atoms with Crippen molar-refractivity contribution in [1.29, 1.82) is 0 Å². The minimum atomic E-state index is -0.679. The number of nitrogens with two attached hydrogens (primary N) is 2. The van der Waals surface area contributed by atoms with E-state index in [4.69, 9.17) is 11.5 Å². The lowest BCUT2D eigenvalue weighted by Crippen LogP contribution is -2.42. The fourth-order valence-electron chi connectivity index (χ4n) is 1.14. The topological polar surface area (TPSA) is 98.2 Å². The average molecular weight is 221 g/mol. The van der Waals surface area contributed by atoms with Gasteiger partial charge in [0.25, 0.3) is 5.91 Å². The molecular weight excluding hydrogens is 206 g/mol. The summed E-state index contributed by atoms with van der Waals surface area (Å²) >= 11 is 0. The molecule has 5 N–H and O–H groups in total. The second kappa shape index (κ2) is 5.27. The molecule has 0 saturated heterocycles. The zero-order valence-electron chi connectivity index (χ0n) is 9.07. The Morgan fingerprint density at radius 3 is 2.31 bits per heavy atom. The number of carbonyl (C=O) groups is 2. The van der Waals surface area contributed by atoms with Gasteiger partial charge in [0.2, 0.25) is 5.91 Å². The van der Waals surface area contributed by atoms with Crippen LogP contribution in [0, 0.1) is 0 Å². The monoisotopic (exact) mass is 221 g/mol. The fraction of sp³-hybridized carbons (Fsp3) is 0.273. The Kier molecular flexibility index (Phi) is 4.02. The van der Waals surface area contributed by atoms with E-state index < -0.39 is 11.9 Å². The number of carbonyl (C=O) groups excluding carboxylic acids is 2. The van der Waals surface area contributed by atoms with Gasteiger partial charge in [-0.05, 0) is 24.6 Å². The predicted molar refractivity (Wildman–Crippen MR) is 60.5 cm³/mol. The van der Waals surface area contributed by atoms with Crippen molar-refractivity contribution in [3.63, 3.8) is 0 Å². The summed E-state index contributed by atoms with van der Waals surface area (Å²) in [6.07, 6.45) is 0. The molecule has 5 heteroatoms. The molecule has 16 heavy (non-hydrogen) atoms. The molecule has 0 radical (unpaired) electrons. The van der Waals surface area contributed by atoms with Crippen LogP contribution in [0.3, 0.4) is 0 Å². The summed E-state index contributed by atoms with van der Waals surface area (Å²) in [7, 11) is 0. The molecule has 1 unspecified atom stereocenters. The van der Waals surface area contributed by atoms with E-state index in [0.717, 1.165) is 5.56 Å². The van der Waals surface area contributed by atoms with Gasteiger partial charge in [-0.25, -0.2) is 0 Å². The van der Waals surface area contributed by atoms with Crippen LogP contribution < -0.4 is 16.8 Å². The summed E-state index contributed by atoms with van der Waals surface area (Å²) < 4.78 is 0. The highest BCUT2D eigenvalue weighted by Gasteiger charge is 2.13. The number of hydrogen-bond acceptors (Lipinski definition) is 3. The van der Waals surface area contributed by atoms with Gasteiger partial charge in [0.15, 0.2) is 0 Å². The predicted octanol–water partition coefficient (Wildman–Crippen LogP) is -0.251. The quantitative estimate of drug-likeness (QED) is 0.653. The van der Waals surface area contributed by atoms with Crippen LogP contribution in [0.15, 0.2) is 24.3 Å². The molecule has 2 amide bonds. The maximum absolute atomic E-state index is 11.6. The molecule has 1 aromatic rings. The number of hydrogen-bond donors (Lipinski definition) is 3. The van der Waals surface area contributed by atoms with Crippen molar-refractivity contribution >= 4 is 11.8 Å². The summed E-state index contributed by atoms with van der Waals surface area (Å²) in [5, 5.41) is 2.49. The number of benzene rings is 1. The minimum absolute atomic E-state index is 0.324. The van der Waals surface area contributed by atoms with Gasteiger partial charge in [-0.1, -0.05) is 12.1 Å². The number of primary amides is 1. The lowest BCUT2D eigenvalue weighted by Gasteiger charge is -2.10. The van der Waals surface area contributed by atoms with Crippen molar-refractivity contribution in [2.24, 2.45) is 11.5 Å². The first-order valence-corrected chi connectivity index (χ1v) is 4.93. The Bertz CT molecular complexity index is 387. The van der Waals surface area contributed by atoms with Crippen LogP contribution in [-0.4, -0.2) is 17.9 Å². The number of amides is 2. The summed E-state index contributed by atoms with van der Waals surface area (Å²) in [4.78, 5) is 22.4. The zero-order chi connectivity index (χ0) is 12.1. The maximum Gasteiger partial charge on any atom is 0.251 e. The molecule has 0 aromatic heterocycles. The van der Waals surface area contributed by atoms with Crippen LogP contribution in [0.5, 0.6) is 0 Å². The van der Waals surface area contributed by atoms with E-state index in [1.807, 2.05) is 0 Å². The SMILES string of the molecule is CC(NC(=O)c1ccc(CN)cc1)C(N)=O. The standard InChI is InChI=1S/C11H15N3O2/c1-7(10(13)15)14-11(16)9-4-2-8(6-12)3-5-9/h2-5,7H,6,12H2,1H3,(H2,13,15)(H,14,16). The molecule has 0 spiro atoms. The normalized spacial score (nSPS) is 11.9. The Morgan fingerprint density at radius 2 is 1.88 bits per heavy atom. The summed E-state index contributed by atoms with van der Waals surface area (Å²) in [6.45, 7) is 1.97. The molecule has 0 heterocycles. The van der Waals surface area contributed by atoms with E-state index in [1.54, 1.807) is 24.3 Å². The molecule has 0 aliphatic rings. The highest BCUT2D eigenvalue weighted by atomic mass is 16.2. The molecule has 1 rings (SSSR count). The van der Waals surface area contributed by atoms with Crippen molar-refractivity contribution in [3.05, 3.63) is 35.4 Å². The van der Waals surface area contributed by atoms with E-state index in [-0.39, 0.29) is 5.91 Å². The van der Waals surface area contributed by atoms with Gasteiger partial charge < -0.3 is 16.8 Å². The Hall–Kier alpha value is -1.88. The highest BCUT2D eigenvalue weighted by molar-refractivity contribution is 5.97. The summed E-state index contributed by atoms with van der Waals surface area (Å²) in [6, 6.07) is 6.17. The first kappa shape index (κ1) is 12.2. The maximum atomic E-state index is 11.6. The van der Waals surface area contributed by atoms with E-state index in [1.165, 1.54) is 6.92 Å². The molecule has 0 fully saturated rings. The largest absolute Gasteiger partial charge is 0.368 e. The molecular formula is C11H15N3O2. The van der Waals surface area contributed by atoms with Gasteiger partial charge in [-0.2, -0.15) is 0 Å². The number of nitrogens with one attached hydrogen (secondary N) is 1. The Labute approximate surface area is 93.8 Å². The summed E-state index contributed by atoms with van der Waals surface area (Å²) in [5.74, 6) is -0.887. The first-order chi connectivity index (χ1) is 7.54. The van der Waals surface area contributed by atoms with Gasteiger partial charge in [0.1, 0.15) is 6.04 Å². The van der Waals surface area contributed by atoms with Gasteiger partial charge in [0, 0.05) is 12.1 Å². The van der Waals surface area contributed by atoms with Gasteiger partial charge in [0.05, 0.1) is 0 Å². The molecule has 86 valence electrons. The molecule has 1 atom stereocenters. The van der Waals surface area contributed by atoms with Crippen molar-refractivity contribution in [2.45, 2.75) is 19.5 Å². The lowest BCUT2D eigenvalue weighted by molar-refractivity contribution is -0.119. The fourth-order valence-corrected chi connectivity index (χ4v) is 1.14. The lowest BCUT2D eigenvalue weighted by atomic mass is 10.1. The molecule has 0 aliphatic heterocycles. The van der Waals surface area contributed by atoms with E-state index in [0.29, 0.717) is 12.1 Å². The summed E-state index contributed by atoms with van der Waals surface area (Å²) in [5.41, 5.74) is 11.9. The highest BCUT2D eigenvalue weighted by Crippen LogP contribution is 2.03. The van der Waals surface area contributed by atoms with Crippen molar-refractivity contribution < 1.29 is 9.59 Å². The van der Waals surface area contributed by atoms with Crippen molar-refractivity contribution in [2.75, 3.05) is 0 Å². The van der Waals surface area contributed by atoms with Crippen LogP contribution >= 0.6 is 0 Å². The third-order valence-corrected chi connectivity index (χ3v) is 2.23. The number of rotatable bonds is 4. The smallest absolute Gasteiger partial charge is 0.251 e. The van der Waals surface area contributed by atoms with Crippen LogP contribution in [0.2, 0.25) is 0 Å². The minimum Gasteiger partial charge on any atom is -0.368 e. The van der Waals surface area contributed by atoms with Crippen LogP contribution in [-0.2, 0) is 11.3 Å². The Morgan fingerprint density at radius 1 is 1.31 bits per heavy atom. The Balaban J connectivity index is 2.69. The molecule has 0 saturated carbocycles. The average Bonchev–Trinajstić information content (AvgIpc) is 2.28. The van der Waals surface area contributed by atoms with Crippen LogP contribution in [0.25, 0.3) is 0 Å². The van der Waals surface area contributed by atoms with Gasteiger partial charge in [-0.15, -0.1) is 0 Å². The van der Waals surface area contributed by atoms with E-state index in [9.17, 15) is 9.59 Å². The third-order valence-electron chi connectivity index (χ3n) is 2.23. The third kappa shape index (κ3) is 3.06. The van der Waals surface area contributed by atoms with Gasteiger partial charge in [-0.3, -0.25) is 9.59 Å². The van der Waals surface area contributed by atoms with E-state index in [2.05, 4.69) is 5.32 Å². The van der Waals surface area contributed by atoms with Crippen LogP contribution in [0.4, 0.5) is 0 Å². The first-order valence-electron chi connectivity index (χ1n) is 4.93. The van der Waals surface area contributed by atoms with E-state index >= 15 is 0 Å². The zero-order valence-corrected chi connectivity index (χ0v) is 9.07. The van der Waals surface area contributed by atoms with Gasteiger partial charge >= 0.3 is 0 Å². The molecule has 5 nitrogen and oxygen atoms in total. The molecule has 0 aliphatic carbocycles. The second-order valence-electron chi connectivity index (χ2n) is 3.50. The second-order valence-corrected chi connectivity index (χ2v) is 3.50.